The Morgan fingerprint density at radius 3 is 2.62 bits per heavy atom. The molecular formula is C18H24F2N3O2S+. The van der Waals surface area contributed by atoms with Gasteiger partial charge in [-0.15, -0.1) is 0 Å². The van der Waals surface area contributed by atoms with E-state index in [0.717, 1.165) is 25.1 Å². The summed E-state index contributed by atoms with van der Waals surface area (Å²) in [5.74, 6) is -2.45. The van der Waals surface area contributed by atoms with E-state index < -0.39 is 23.6 Å². The molecule has 0 saturated heterocycles. The molecule has 0 spiro atoms. The van der Waals surface area contributed by atoms with Crippen LogP contribution < -0.4 is 10.2 Å². The van der Waals surface area contributed by atoms with Crippen molar-refractivity contribution in [1.82, 2.24) is 10.2 Å². The number of hydrogen-bond donors (Lipinski definition) is 2. The van der Waals surface area contributed by atoms with Gasteiger partial charge in [0.2, 0.25) is 0 Å². The standard InChI is InChI=1S/C18H23F2N3O2S/c1-11-15(17(24)25-4)16(12-6-7-13(19)14(20)10-12)21-18(26)23(11)9-5-8-22(2)3/h6-7,10,16H,5,8-9H2,1-4H3,(H,21,26)/p+1/t16-/m0/s1. The Kier molecular flexibility index (Phi) is 6.66. The average Bonchev–Trinajstić information content (AvgIpc) is 2.58. The van der Waals surface area contributed by atoms with Crippen molar-refractivity contribution in [3.63, 3.8) is 0 Å². The van der Waals surface area contributed by atoms with Crippen LogP contribution in [0.3, 0.4) is 0 Å². The van der Waals surface area contributed by atoms with Crippen molar-refractivity contribution in [1.29, 1.82) is 0 Å². The molecule has 26 heavy (non-hydrogen) atoms. The van der Waals surface area contributed by atoms with Crippen LogP contribution in [0.4, 0.5) is 8.78 Å². The van der Waals surface area contributed by atoms with Gasteiger partial charge in [-0.1, -0.05) is 6.07 Å². The van der Waals surface area contributed by atoms with Crippen LogP contribution in [-0.2, 0) is 9.53 Å². The molecule has 1 aromatic rings. The van der Waals surface area contributed by atoms with Crippen LogP contribution in [0.25, 0.3) is 0 Å². The molecule has 0 amide bonds. The van der Waals surface area contributed by atoms with Gasteiger partial charge in [0, 0.05) is 18.7 Å². The Hall–Kier alpha value is -2.06. The highest BCUT2D eigenvalue weighted by atomic mass is 32.1. The minimum atomic E-state index is -0.978. The Morgan fingerprint density at radius 2 is 2.04 bits per heavy atom. The molecule has 0 fully saturated rings. The number of hydrogen-bond acceptors (Lipinski definition) is 3. The SMILES string of the molecule is COC(=O)C1=C(C)N(CCC[NH+](C)C)C(=S)N[C@H]1c1ccc(F)c(F)c1. The molecule has 0 saturated carbocycles. The van der Waals surface area contributed by atoms with Gasteiger partial charge in [0.1, 0.15) is 0 Å². The zero-order chi connectivity index (χ0) is 19.4. The van der Waals surface area contributed by atoms with Crippen LogP contribution in [0.1, 0.15) is 24.9 Å². The van der Waals surface area contributed by atoms with E-state index in [1.54, 1.807) is 6.92 Å². The number of nitrogens with zero attached hydrogens (tertiary/aromatic N) is 1. The molecule has 0 bridgehead atoms. The molecule has 1 atom stereocenters. The number of quaternary nitrogens is 1. The molecule has 1 aliphatic rings. The maximum Gasteiger partial charge on any atom is 0.337 e. The Bertz CT molecular complexity index is 737. The number of ether oxygens (including phenoxy) is 1. The molecule has 0 radical (unpaired) electrons. The van der Waals surface area contributed by atoms with E-state index in [0.29, 0.717) is 28.5 Å². The zero-order valence-electron chi connectivity index (χ0n) is 15.4. The highest BCUT2D eigenvalue weighted by molar-refractivity contribution is 7.80. The quantitative estimate of drug-likeness (QED) is 0.570. The summed E-state index contributed by atoms with van der Waals surface area (Å²) in [5, 5.41) is 3.51. The van der Waals surface area contributed by atoms with Gasteiger partial charge in [0.15, 0.2) is 16.7 Å². The Labute approximate surface area is 157 Å². The average molecular weight is 384 g/mol. The summed E-state index contributed by atoms with van der Waals surface area (Å²) in [6.07, 6.45) is 0.881. The molecule has 8 heteroatoms. The molecule has 0 aromatic heterocycles. The number of rotatable bonds is 6. The first-order valence-electron chi connectivity index (χ1n) is 8.37. The van der Waals surface area contributed by atoms with Gasteiger partial charge < -0.3 is 19.9 Å². The van der Waals surface area contributed by atoms with Crippen molar-refractivity contribution in [2.24, 2.45) is 0 Å². The summed E-state index contributed by atoms with van der Waals surface area (Å²) in [7, 11) is 5.42. The first-order chi connectivity index (χ1) is 12.3. The van der Waals surface area contributed by atoms with E-state index in [9.17, 15) is 13.6 Å². The summed E-state index contributed by atoms with van der Waals surface area (Å²) >= 11 is 5.45. The molecule has 0 unspecified atom stereocenters. The van der Waals surface area contributed by atoms with E-state index in [-0.39, 0.29) is 0 Å². The lowest BCUT2D eigenvalue weighted by atomic mass is 9.94. The number of nitrogens with one attached hydrogen (secondary N) is 2. The third kappa shape index (κ3) is 4.37. The molecule has 1 aromatic carbocycles. The van der Waals surface area contributed by atoms with Gasteiger partial charge in [-0.25, -0.2) is 13.6 Å². The number of carbonyl (C=O) groups is 1. The summed E-state index contributed by atoms with van der Waals surface area (Å²) in [4.78, 5) is 15.5. The van der Waals surface area contributed by atoms with E-state index >= 15 is 0 Å². The number of allylic oxidation sites excluding steroid dienone is 1. The second kappa shape index (κ2) is 8.55. The third-order valence-electron chi connectivity index (χ3n) is 4.34. The number of carbonyl (C=O) groups excluding carboxylic acids is 1. The van der Waals surface area contributed by atoms with Gasteiger partial charge in [-0.05, 0) is 36.8 Å². The lowest BCUT2D eigenvalue weighted by Gasteiger charge is -2.37. The van der Waals surface area contributed by atoms with Crippen molar-refractivity contribution in [3.05, 3.63) is 46.7 Å². The number of esters is 1. The predicted molar refractivity (Wildman–Crippen MR) is 98.5 cm³/mol. The van der Waals surface area contributed by atoms with Crippen LogP contribution in [0.2, 0.25) is 0 Å². The molecule has 2 N–H and O–H groups in total. The van der Waals surface area contributed by atoms with E-state index in [4.69, 9.17) is 17.0 Å². The smallest absolute Gasteiger partial charge is 0.337 e. The highest BCUT2D eigenvalue weighted by Gasteiger charge is 2.34. The minimum Gasteiger partial charge on any atom is -0.466 e. The Morgan fingerprint density at radius 1 is 1.35 bits per heavy atom. The molecule has 0 aliphatic carbocycles. The third-order valence-corrected chi connectivity index (χ3v) is 4.68. The highest BCUT2D eigenvalue weighted by Crippen LogP contribution is 2.32. The first kappa shape index (κ1) is 20.3. The molecule has 1 heterocycles. The van der Waals surface area contributed by atoms with Gasteiger partial charge in [0.25, 0.3) is 0 Å². The lowest BCUT2D eigenvalue weighted by Crippen LogP contribution is -3.05. The fraction of sp³-hybridized carbons (Fsp3) is 0.444. The van der Waals surface area contributed by atoms with Gasteiger partial charge in [-0.3, -0.25) is 0 Å². The van der Waals surface area contributed by atoms with Crippen molar-refractivity contribution in [2.75, 3.05) is 34.3 Å². The van der Waals surface area contributed by atoms with Crippen LogP contribution in [0, 0.1) is 11.6 Å². The summed E-state index contributed by atoms with van der Waals surface area (Å²) in [5.41, 5.74) is 1.40. The van der Waals surface area contributed by atoms with E-state index in [2.05, 4.69) is 19.4 Å². The fourth-order valence-corrected chi connectivity index (χ4v) is 3.30. The van der Waals surface area contributed by atoms with Crippen LogP contribution in [-0.4, -0.2) is 50.3 Å². The van der Waals surface area contributed by atoms with Crippen molar-refractivity contribution >= 4 is 23.3 Å². The monoisotopic (exact) mass is 384 g/mol. The summed E-state index contributed by atoms with van der Waals surface area (Å²) in [6, 6.07) is 2.84. The topological polar surface area (TPSA) is 46.0 Å². The zero-order valence-corrected chi connectivity index (χ0v) is 16.2. The van der Waals surface area contributed by atoms with Crippen LogP contribution in [0.5, 0.6) is 0 Å². The largest absolute Gasteiger partial charge is 0.466 e. The van der Waals surface area contributed by atoms with Crippen molar-refractivity contribution in [3.8, 4) is 0 Å². The number of benzene rings is 1. The van der Waals surface area contributed by atoms with E-state index in [1.807, 2.05) is 4.90 Å². The number of thiocarbonyl (C=S) groups is 1. The van der Waals surface area contributed by atoms with Gasteiger partial charge in [0.05, 0.1) is 39.4 Å². The second-order valence-corrected chi connectivity index (χ2v) is 6.90. The normalized spacial score (nSPS) is 17.6. The summed E-state index contributed by atoms with van der Waals surface area (Å²) in [6.45, 7) is 3.38. The van der Waals surface area contributed by atoms with Crippen molar-refractivity contribution in [2.45, 2.75) is 19.4 Å². The predicted octanol–water partition coefficient (Wildman–Crippen LogP) is 1.18. The lowest BCUT2D eigenvalue weighted by molar-refractivity contribution is -0.858. The van der Waals surface area contributed by atoms with Crippen LogP contribution in [0.15, 0.2) is 29.5 Å². The molecule has 1 aliphatic heterocycles. The second-order valence-electron chi connectivity index (χ2n) is 6.51. The molecule has 142 valence electrons. The van der Waals surface area contributed by atoms with Gasteiger partial charge in [-0.2, -0.15) is 0 Å². The number of halogens is 2. The molecule has 2 rings (SSSR count). The molecule has 5 nitrogen and oxygen atoms in total. The Balaban J connectivity index is 2.40. The summed E-state index contributed by atoms with van der Waals surface area (Å²) < 4.78 is 31.9. The molecular weight excluding hydrogens is 360 g/mol. The van der Waals surface area contributed by atoms with Gasteiger partial charge >= 0.3 is 5.97 Å². The van der Waals surface area contributed by atoms with Crippen LogP contribution >= 0.6 is 12.2 Å². The maximum absolute atomic E-state index is 13.7. The first-order valence-corrected chi connectivity index (χ1v) is 8.78. The minimum absolute atomic E-state index is 0.337. The number of methoxy groups -OCH3 is 1. The van der Waals surface area contributed by atoms with Crippen molar-refractivity contribution < 1.29 is 23.2 Å². The fourth-order valence-electron chi connectivity index (χ4n) is 2.96. The van der Waals surface area contributed by atoms with E-state index in [1.165, 1.54) is 18.1 Å². The maximum atomic E-state index is 13.7.